The Kier molecular flexibility index (Phi) is 5.00. The van der Waals surface area contributed by atoms with E-state index in [1.807, 2.05) is 0 Å². The highest BCUT2D eigenvalue weighted by atomic mass is 16.6. The summed E-state index contributed by atoms with van der Waals surface area (Å²) in [5.74, 6) is 0.113. The van der Waals surface area contributed by atoms with E-state index in [-0.39, 0.29) is 6.61 Å². The van der Waals surface area contributed by atoms with Crippen LogP contribution in [0, 0.1) is 0 Å². The van der Waals surface area contributed by atoms with Gasteiger partial charge in [-0.25, -0.2) is 4.79 Å². The highest BCUT2D eigenvalue weighted by Crippen LogP contribution is 2.22. The second kappa shape index (κ2) is 6.52. The van der Waals surface area contributed by atoms with E-state index in [1.165, 1.54) is 7.11 Å². The Bertz CT molecular complexity index is 403. The van der Waals surface area contributed by atoms with Crippen molar-refractivity contribution in [3.63, 3.8) is 0 Å². The lowest BCUT2D eigenvalue weighted by atomic mass is 10.1. The zero-order valence-corrected chi connectivity index (χ0v) is 9.86. The van der Waals surface area contributed by atoms with Crippen LogP contribution in [0.15, 0.2) is 18.2 Å². The fourth-order valence-corrected chi connectivity index (χ4v) is 1.35. The lowest BCUT2D eigenvalue weighted by Gasteiger charge is -2.10. The smallest absolute Gasteiger partial charge is 0.343 e. The first kappa shape index (κ1) is 13.0. The number of carbonyl (C=O) groups is 2. The molecule has 0 heterocycles. The first-order chi connectivity index (χ1) is 8.21. The van der Waals surface area contributed by atoms with E-state index in [2.05, 4.69) is 10.1 Å². The standard InChI is InChI=1S/C12H15NO4/c1-13-11-7-10(17-8-12(15)16-2)4-3-9(11)5-6-14/h3-4,6-7,13H,5,8H2,1-2H3. The molecule has 1 aromatic carbocycles. The van der Waals surface area contributed by atoms with Crippen molar-refractivity contribution in [1.29, 1.82) is 0 Å². The van der Waals surface area contributed by atoms with Crippen molar-refractivity contribution >= 4 is 17.9 Å². The molecule has 0 aromatic heterocycles. The van der Waals surface area contributed by atoms with Gasteiger partial charge in [-0.1, -0.05) is 6.07 Å². The summed E-state index contributed by atoms with van der Waals surface area (Å²) in [5.41, 5.74) is 1.69. The van der Waals surface area contributed by atoms with Gasteiger partial charge in [0.2, 0.25) is 0 Å². The maximum absolute atomic E-state index is 10.9. The van der Waals surface area contributed by atoms with Crippen LogP contribution in [0.2, 0.25) is 0 Å². The average Bonchev–Trinajstić information content (AvgIpc) is 2.37. The molecule has 0 aliphatic carbocycles. The first-order valence-electron chi connectivity index (χ1n) is 5.15. The van der Waals surface area contributed by atoms with Crippen LogP contribution in [0.3, 0.4) is 0 Å². The van der Waals surface area contributed by atoms with E-state index in [4.69, 9.17) is 4.74 Å². The van der Waals surface area contributed by atoms with E-state index in [1.54, 1.807) is 25.2 Å². The Balaban J connectivity index is 2.75. The quantitative estimate of drug-likeness (QED) is 0.591. The maximum Gasteiger partial charge on any atom is 0.343 e. The highest BCUT2D eigenvalue weighted by Gasteiger charge is 2.05. The lowest BCUT2D eigenvalue weighted by molar-refractivity contribution is -0.142. The molecule has 0 saturated heterocycles. The molecule has 0 amide bonds. The Morgan fingerprint density at radius 3 is 2.82 bits per heavy atom. The zero-order chi connectivity index (χ0) is 12.7. The van der Waals surface area contributed by atoms with Crippen molar-refractivity contribution in [1.82, 2.24) is 0 Å². The molecule has 0 fully saturated rings. The van der Waals surface area contributed by atoms with E-state index >= 15 is 0 Å². The number of nitrogens with one attached hydrogen (secondary N) is 1. The van der Waals surface area contributed by atoms with Crippen molar-refractivity contribution in [2.45, 2.75) is 6.42 Å². The van der Waals surface area contributed by atoms with Crippen LogP contribution in [0.4, 0.5) is 5.69 Å². The second-order valence-electron chi connectivity index (χ2n) is 3.30. The monoisotopic (exact) mass is 237 g/mol. The van der Waals surface area contributed by atoms with Crippen LogP contribution < -0.4 is 10.1 Å². The molecule has 1 N–H and O–H groups in total. The van der Waals surface area contributed by atoms with Gasteiger partial charge in [0.05, 0.1) is 7.11 Å². The molecule has 5 nitrogen and oxygen atoms in total. The summed E-state index contributed by atoms with van der Waals surface area (Å²) in [6.07, 6.45) is 1.18. The third kappa shape index (κ3) is 3.79. The van der Waals surface area contributed by atoms with Crippen LogP contribution >= 0.6 is 0 Å². The van der Waals surface area contributed by atoms with Gasteiger partial charge >= 0.3 is 5.97 Å². The molecule has 0 aliphatic rings. The number of rotatable bonds is 6. The number of ether oxygens (including phenoxy) is 2. The van der Waals surface area contributed by atoms with E-state index in [0.717, 1.165) is 17.5 Å². The molecule has 1 aromatic rings. The van der Waals surface area contributed by atoms with Gasteiger partial charge in [-0.05, 0) is 11.6 Å². The van der Waals surface area contributed by atoms with Crippen LogP contribution in [-0.4, -0.2) is 33.0 Å². The molecule has 0 aliphatic heterocycles. The summed E-state index contributed by atoms with van der Waals surface area (Å²) in [7, 11) is 3.06. The number of esters is 1. The minimum absolute atomic E-state index is 0.132. The predicted octanol–water partition coefficient (Wildman–Crippen LogP) is 1.02. The SMILES string of the molecule is CNc1cc(OCC(=O)OC)ccc1CC=O. The van der Waals surface area contributed by atoms with Gasteiger partial charge in [0.25, 0.3) is 0 Å². The molecular weight excluding hydrogens is 222 g/mol. The Labute approximate surface area is 99.7 Å². The fraction of sp³-hybridized carbons (Fsp3) is 0.333. The van der Waals surface area contributed by atoms with Crippen LogP contribution in [0.1, 0.15) is 5.56 Å². The van der Waals surface area contributed by atoms with Crippen molar-refractivity contribution in [2.24, 2.45) is 0 Å². The Morgan fingerprint density at radius 2 is 2.24 bits per heavy atom. The van der Waals surface area contributed by atoms with E-state index < -0.39 is 5.97 Å². The molecule has 0 spiro atoms. The van der Waals surface area contributed by atoms with Crippen LogP contribution in [0.25, 0.3) is 0 Å². The summed E-state index contributed by atoms with van der Waals surface area (Å²) >= 11 is 0. The summed E-state index contributed by atoms with van der Waals surface area (Å²) in [6.45, 7) is -0.132. The maximum atomic E-state index is 10.9. The highest BCUT2D eigenvalue weighted by molar-refractivity contribution is 5.71. The van der Waals surface area contributed by atoms with Gasteiger partial charge < -0.3 is 19.6 Å². The number of carbonyl (C=O) groups excluding carboxylic acids is 2. The number of aldehydes is 1. The summed E-state index contributed by atoms with van der Waals surface area (Å²) in [6, 6.07) is 5.23. The molecule has 0 unspecified atom stereocenters. The number of hydrogen-bond donors (Lipinski definition) is 1. The minimum Gasteiger partial charge on any atom is -0.482 e. The zero-order valence-electron chi connectivity index (χ0n) is 9.86. The lowest BCUT2D eigenvalue weighted by Crippen LogP contribution is -2.12. The topological polar surface area (TPSA) is 64.6 Å². The van der Waals surface area contributed by atoms with Crippen molar-refractivity contribution in [3.05, 3.63) is 23.8 Å². The number of methoxy groups -OCH3 is 1. The van der Waals surface area contributed by atoms with Crippen molar-refractivity contribution in [2.75, 3.05) is 26.1 Å². The van der Waals surface area contributed by atoms with Crippen LogP contribution in [-0.2, 0) is 20.7 Å². The molecule has 0 saturated carbocycles. The third-order valence-electron chi connectivity index (χ3n) is 2.24. The molecule has 0 radical (unpaired) electrons. The minimum atomic E-state index is -0.437. The predicted molar refractivity (Wildman–Crippen MR) is 63.3 cm³/mol. The normalized spacial score (nSPS) is 9.53. The van der Waals surface area contributed by atoms with E-state index in [9.17, 15) is 9.59 Å². The van der Waals surface area contributed by atoms with Crippen molar-refractivity contribution in [3.8, 4) is 5.75 Å². The molecule has 5 heteroatoms. The van der Waals surface area contributed by atoms with Gasteiger partial charge in [0.15, 0.2) is 6.61 Å². The van der Waals surface area contributed by atoms with Gasteiger partial charge in [0, 0.05) is 25.2 Å². The first-order valence-corrected chi connectivity index (χ1v) is 5.15. The third-order valence-corrected chi connectivity index (χ3v) is 2.24. The van der Waals surface area contributed by atoms with Gasteiger partial charge in [-0.2, -0.15) is 0 Å². The fourth-order valence-electron chi connectivity index (χ4n) is 1.35. The summed E-state index contributed by atoms with van der Waals surface area (Å²) in [4.78, 5) is 21.4. The molecule has 1 rings (SSSR count). The summed E-state index contributed by atoms with van der Waals surface area (Å²) in [5, 5.41) is 2.97. The molecule has 0 bridgehead atoms. The van der Waals surface area contributed by atoms with Gasteiger partial charge in [0.1, 0.15) is 12.0 Å². The van der Waals surface area contributed by atoms with Gasteiger partial charge in [-0.15, -0.1) is 0 Å². The number of hydrogen-bond acceptors (Lipinski definition) is 5. The van der Waals surface area contributed by atoms with Gasteiger partial charge in [-0.3, -0.25) is 0 Å². The number of benzene rings is 1. The van der Waals surface area contributed by atoms with Crippen LogP contribution in [0.5, 0.6) is 5.75 Å². The largest absolute Gasteiger partial charge is 0.482 e. The average molecular weight is 237 g/mol. The van der Waals surface area contributed by atoms with E-state index in [0.29, 0.717) is 12.2 Å². The van der Waals surface area contributed by atoms with Crippen molar-refractivity contribution < 1.29 is 19.1 Å². The Hall–Kier alpha value is -2.04. The molecule has 17 heavy (non-hydrogen) atoms. The second-order valence-corrected chi connectivity index (χ2v) is 3.30. The molecule has 92 valence electrons. The summed E-state index contributed by atoms with van der Waals surface area (Å²) < 4.78 is 9.70. The Morgan fingerprint density at radius 1 is 1.47 bits per heavy atom. The molecular formula is C12H15NO4. The number of anilines is 1. The molecule has 0 atom stereocenters.